The SMILES string of the molecule is CC1CN(c2ccc3c(c2)C(C)(C)c2[nH]c4cc(C#N)ccc4c2C3=O)C[C@@H](C)N1C1CCC1. The van der Waals surface area contributed by atoms with Crippen LogP contribution in [-0.2, 0) is 5.41 Å². The maximum Gasteiger partial charge on any atom is 0.195 e. The molecule has 5 nitrogen and oxygen atoms in total. The first-order valence-electron chi connectivity index (χ1n) is 12.6. The fourth-order valence-electron chi connectivity index (χ4n) is 6.64. The predicted molar refractivity (Wildman–Crippen MR) is 136 cm³/mol. The van der Waals surface area contributed by atoms with Crippen molar-refractivity contribution < 1.29 is 4.79 Å². The molecule has 6 rings (SSSR count). The first kappa shape index (κ1) is 21.4. The largest absolute Gasteiger partial charge is 0.368 e. The predicted octanol–water partition coefficient (Wildman–Crippen LogP) is 5.36. The van der Waals surface area contributed by atoms with Crippen molar-refractivity contribution in [2.24, 2.45) is 0 Å². The van der Waals surface area contributed by atoms with E-state index in [1.807, 2.05) is 18.2 Å². The van der Waals surface area contributed by atoms with Crippen molar-refractivity contribution >= 4 is 22.4 Å². The number of fused-ring (bicyclic) bond motifs is 4. The number of carbonyl (C=O) groups is 1. The van der Waals surface area contributed by atoms with Gasteiger partial charge in [-0.2, -0.15) is 5.26 Å². The molecular formula is C29H32N4O. The van der Waals surface area contributed by atoms with Gasteiger partial charge in [-0.1, -0.05) is 26.3 Å². The van der Waals surface area contributed by atoms with Gasteiger partial charge in [0.15, 0.2) is 5.78 Å². The summed E-state index contributed by atoms with van der Waals surface area (Å²) in [6.07, 6.45) is 4.05. The highest BCUT2D eigenvalue weighted by Crippen LogP contribution is 2.45. The number of hydrogen-bond acceptors (Lipinski definition) is 4. The second kappa shape index (κ2) is 7.45. The number of aromatic nitrogens is 1. The van der Waals surface area contributed by atoms with Crippen LogP contribution in [0.4, 0.5) is 5.69 Å². The minimum absolute atomic E-state index is 0.0726. The maximum absolute atomic E-state index is 13.7. The molecule has 1 N–H and O–H groups in total. The monoisotopic (exact) mass is 452 g/mol. The van der Waals surface area contributed by atoms with Gasteiger partial charge < -0.3 is 9.88 Å². The zero-order valence-corrected chi connectivity index (χ0v) is 20.5. The van der Waals surface area contributed by atoms with E-state index in [-0.39, 0.29) is 11.2 Å². The van der Waals surface area contributed by atoms with E-state index in [2.05, 4.69) is 60.7 Å². The summed E-state index contributed by atoms with van der Waals surface area (Å²) in [5.74, 6) is 0.0726. The lowest BCUT2D eigenvalue weighted by atomic mass is 9.71. The molecule has 2 fully saturated rings. The van der Waals surface area contributed by atoms with Gasteiger partial charge in [0.1, 0.15) is 0 Å². The fourth-order valence-corrected chi connectivity index (χ4v) is 6.64. The van der Waals surface area contributed by atoms with Gasteiger partial charge in [-0.05, 0) is 62.6 Å². The Labute approximate surface area is 201 Å². The first-order valence-corrected chi connectivity index (χ1v) is 12.6. The summed E-state index contributed by atoms with van der Waals surface area (Å²) in [6, 6.07) is 16.0. The number of piperazine rings is 1. The Kier molecular flexibility index (Phi) is 4.70. The van der Waals surface area contributed by atoms with Crippen molar-refractivity contribution in [1.29, 1.82) is 5.26 Å². The normalized spacial score (nSPS) is 24.4. The molecular weight excluding hydrogens is 420 g/mol. The minimum atomic E-state index is -0.342. The molecule has 2 aliphatic carbocycles. The summed E-state index contributed by atoms with van der Waals surface area (Å²) in [5.41, 5.74) is 5.89. The van der Waals surface area contributed by atoms with Crippen molar-refractivity contribution in [3.05, 3.63) is 64.3 Å². The molecule has 34 heavy (non-hydrogen) atoms. The smallest absolute Gasteiger partial charge is 0.195 e. The van der Waals surface area contributed by atoms with Crippen LogP contribution in [0.3, 0.4) is 0 Å². The molecule has 1 saturated carbocycles. The van der Waals surface area contributed by atoms with E-state index in [1.165, 1.54) is 24.9 Å². The van der Waals surface area contributed by atoms with Crippen molar-refractivity contribution in [2.75, 3.05) is 18.0 Å². The molecule has 0 radical (unpaired) electrons. The third-order valence-electron chi connectivity index (χ3n) is 8.55. The number of ketones is 1. The van der Waals surface area contributed by atoms with Gasteiger partial charge in [-0.15, -0.1) is 0 Å². The highest BCUT2D eigenvalue weighted by molar-refractivity contribution is 6.20. The molecule has 0 spiro atoms. The fraction of sp³-hybridized carbons (Fsp3) is 0.448. The lowest BCUT2D eigenvalue weighted by Gasteiger charge is -2.51. The minimum Gasteiger partial charge on any atom is -0.368 e. The van der Waals surface area contributed by atoms with Crippen LogP contribution in [0.1, 0.15) is 79.7 Å². The molecule has 1 unspecified atom stereocenters. The Bertz CT molecular complexity index is 1340. The molecule has 2 atom stereocenters. The number of benzene rings is 2. The van der Waals surface area contributed by atoms with Crippen LogP contribution < -0.4 is 4.90 Å². The summed E-state index contributed by atoms with van der Waals surface area (Å²) < 4.78 is 0. The number of hydrogen-bond donors (Lipinski definition) is 1. The summed E-state index contributed by atoms with van der Waals surface area (Å²) in [6.45, 7) is 11.1. The van der Waals surface area contributed by atoms with Gasteiger partial charge in [0.2, 0.25) is 0 Å². The van der Waals surface area contributed by atoms with Crippen LogP contribution in [0.15, 0.2) is 36.4 Å². The Morgan fingerprint density at radius 3 is 2.44 bits per heavy atom. The van der Waals surface area contributed by atoms with Crippen LogP contribution in [0, 0.1) is 11.3 Å². The molecule has 3 aliphatic rings. The highest BCUT2D eigenvalue weighted by atomic mass is 16.1. The molecule has 2 aromatic carbocycles. The van der Waals surface area contributed by atoms with Crippen LogP contribution in [0.25, 0.3) is 10.9 Å². The molecule has 0 amide bonds. The number of nitriles is 1. The topological polar surface area (TPSA) is 63.1 Å². The Morgan fingerprint density at radius 2 is 1.79 bits per heavy atom. The number of aromatic amines is 1. The standard InChI is InChI=1S/C29H32N4O/c1-17-15-32(16-18(2)33(17)20-6-5-7-20)21-9-11-22-24(13-21)29(3,4)28-26(27(22)34)23-10-8-19(14-30)12-25(23)31-28/h8-13,17-18,20,31H,5-7,15-16H2,1-4H3/t17-,18?/m1/s1. The van der Waals surface area contributed by atoms with Crippen LogP contribution in [-0.4, -0.2) is 46.9 Å². The number of carbonyl (C=O) groups excluding carboxylic acids is 1. The lowest BCUT2D eigenvalue weighted by Crippen LogP contribution is -2.61. The molecule has 1 saturated heterocycles. The van der Waals surface area contributed by atoms with Gasteiger partial charge in [0.05, 0.1) is 17.2 Å². The van der Waals surface area contributed by atoms with Gasteiger partial charge in [-0.3, -0.25) is 9.69 Å². The van der Waals surface area contributed by atoms with E-state index in [4.69, 9.17) is 0 Å². The quantitative estimate of drug-likeness (QED) is 0.568. The number of nitrogens with one attached hydrogen (secondary N) is 1. The Morgan fingerprint density at radius 1 is 1.06 bits per heavy atom. The molecule has 174 valence electrons. The Hall–Kier alpha value is -3.10. The molecule has 5 heteroatoms. The van der Waals surface area contributed by atoms with Crippen molar-refractivity contribution in [1.82, 2.24) is 9.88 Å². The summed E-state index contributed by atoms with van der Waals surface area (Å²) >= 11 is 0. The van der Waals surface area contributed by atoms with Gasteiger partial charge in [0, 0.05) is 64.5 Å². The number of nitrogens with zero attached hydrogens (tertiary/aromatic N) is 3. The molecule has 1 aromatic heterocycles. The van der Waals surface area contributed by atoms with Crippen LogP contribution >= 0.6 is 0 Å². The average molecular weight is 453 g/mol. The third kappa shape index (κ3) is 2.98. The molecule has 0 bridgehead atoms. The number of anilines is 1. The van der Waals surface area contributed by atoms with Crippen molar-refractivity contribution in [3.63, 3.8) is 0 Å². The molecule has 2 heterocycles. The van der Waals surface area contributed by atoms with E-state index in [1.54, 1.807) is 6.07 Å². The average Bonchev–Trinajstić information content (AvgIpc) is 3.18. The van der Waals surface area contributed by atoms with Gasteiger partial charge in [0.25, 0.3) is 0 Å². The summed E-state index contributed by atoms with van der Waals surface area (Å²) in [7, 11) is 0. The van der Waals surface area contributed by atoms with E-state index in [0.717, 1.165) is 52.4 Å². The van der Waals surface area contributed by atoms with Crippen LogP contribution in [0.2, 0.25) is 0 Å². The molecule has 3 aromatic rings. The van der Waals surface area contributed by atoms with E-state index in [0.29, 0.717) is 17.6 Å². The van der Waals surface area contributed by atoms with Crippen molar-refractivity contribution in [2.45, 2.75) is 70.5 Å². The van der Waals surface area contributed by atoms with Gasteiger partial charge in [-0.25, -0.2) is 0 Å². The summed E-state index contributed by atoms with van der Waals surface area (Å²) in [4.78, 5) is 22.4. The van der Waals surface area contributed by atoms with Gasteiger partial charge >= 0.3 is 0 Å². The van der Waals surface area contributed by atoms with E-state index < -0.39 is 0 Å². The third-order valence-corrected chi connectivity index (χ3v) is 8.55. The molecule has 1 aliphatic heterocycles. The van der Waals surface area contributed by atoms with Crippen LogP contribution in [0.5, 0.6) is 0 Å². The zero-order chi connectivity index (χ0) is 23.8. The number of H-pyrrole nitrogens is 1. The maximum atomic E-state index is 13.7. The second-order valence-corrected chi connectivity index (χ2v) is 11.1. The summed E-state index contributed by atoms with van der Waals surface area (Å²) in [5, 5.41) is 10.2. The zero-order valence-electron chi connectivity index (χ0n) is 20.5. The first-order chi connectivity index (χ1) is 16.3. The lowest BCUT2D eigenvalue weighted by molar-refractivity contribution is 0.0374. The van der Waals surface area contributed by atoms with Crippen molar-refractivity contribution in [3.8, 4) is 6.07 Å². The Balaban J connectivity index is 1.38. The number of rotatable bonds is 2. The van der Waals surface area contributed by atoms with E-state index >= 15 is 0 Å². The second-order valence-electron chi connectivity index (χ2n) is 11.1. The highest BCUT2D eigenvalue weighted by Gasteiger charge is 2.41. The van der Waals surface area contributed by atoms with E-state index in [9.17, 15) is 10.1 Å².